The highest BCUT2D eigenvalue weighted by molar-refractivity contribution is 5.93. The van der Waals surface area contributed by atoms with E-state index in [2.05, 4.69) is 5.10 Å². The molecule has 0 atom stereocenters. The largest absolute Gasteiger partial charge is 0.478 e. The van der Waals surface area contributed by atoms with E-state index >= 15 is 0 Å². The van der Waals surface area contributed by atoms with Gasteiger partial charge in [0, 0.05) is 11.6 Å². The molecular weight excluding hydrogens is 309 g/mol. The summed E-state index contributed by atoms with van der Waals surface area (Å²) in [5, 5.41) is 13.9. The number of alkyl halides is 3. The first-order valence-electron chi connectivity index (χ1n) is 6.69. The second kappa shape index (κ2) is 5.42. The van der Waals surface area contributed by atoms with Crippen LogP contribution in [0.25, 0.3) is 10.9 Å². The molecule has 0 aliphatic carbocycles. The number of hydrogen-bond donors (Lipinski definition) is 1. The number of aromatic carboxylic acids is 1. The van der Waals surface area contributed by atoms with Crippen LogP contribution in [0.1, 0.15) is 21.5 Å². The molecule has 0 saturated heterocycles. The fourth-order valence-electron chi connectivity index (χ4n) is 2.28. The molecule has 0 bridgehead atoms. The Balaban J connectivity index is 1.85. The molecule has 7 heteroatoms. The van der Waals surface area contributed by atoms with Crippen LogP contribution in [0.3, 0.4) is 0 Å². The van der Waals surface area contributed by atoms with Gasteiger partial charge in [-0.25, -0.2) is 4.79 Å². The van der Waals surface area contributed by atoms with Crippen molar-refractivity contribution in [2.24, 2.45) is 0 Å². The second-order valence-corrected chi connectivity index (χ2v) is 5.10. The van der Waals surface area contributed by atoms with Crippen LogP contribution >= 0.6 is 0 Å². The number of aromatic nitrogens is 2. The lowest BCUT2D eigenvalue weighted by Crippen LogP contribution is -2.05. The normalized spacial score (nSPS) is 11.8. The molecule has 2 aromatic carbocycles. The van der Waals surface area contributed by atoms with E-state index in [0.717, 1.165) is 12.1 Å². The molecule has 0 aliphatic heterocycles. The Morgan fingerprint density at radius 3 is 2.43 bits per heavy atom. The van der Waals surface area contributed by atoms with E-state index in [1.165, 1.54) is 24.3 Å². The standard InChI is InChI=1S/C16H11F3N2O2/c17-16(18,19)13-4-1-10(2-5-13)8-21-9-12-7-11(15(22)23)3-6-14(12)20-21/h1-7,9H,8H2,(H,22,23). The number of hydrogen-bond acceptors (Lipinski definition) is 2. The minimum absolute atomic E-state index is 0.159. The molecule has 0 unspecified atom stereocenters. The average molecular weight is 320 g/mol. The third kappa shape index (κ3) is 3.18. The fourth-order valence-corrected chi connectivity index (χ4v) is 2.28. The molecule has 1 heterocycles. The number of rotatable bonds is 3. The molecule has 1 N–H and O–H groups in total. The Kier molecular flexibility index (Phi) is 3.55. The number of benzene rings is 2. The molecule has 4 nitrogen and oxygen atoms in total. The van der Waals surface area contributed by atoms with Crippen molar-refractivity contribution in [3.8, 4) is 0 Å². The molecule has 3 aromatic rings. The van der Waals surface area contributed by atoms with Gasteiger partial charge >= 0.3 is 12.1 Å². The maximum atomic E-state index is 12.5. The van der Waals surface area contributed by atoms with Gasteiger partial charge in [0.2, 0.25) is 0 Å². The molecule has 3 rings (SSSR count). The number of nitrogens with zero attached hydrogens (tertiary/aromatic N) is 2. The number of carbonyl (C=O) groups is 1. The van der Waals surface area contributed by atoms with E-state index in [9.17, 15) is 18.0 Å². The highest BCUT2D eigenvalue weighted by Gasteiger charge is 2.29. The van der Waals surface area contributed by atoms with Gasteiger partial charge in [-0.15, -0.1) is 0 Å². The second-order valence-electron chi connectivity index (χ2n) is 5.10. The quantitative estimate of drug-likeness (QED) is 0.798. The summed E-state index contributed by atoms with van der Waals surface area (Å²) in [5.74, 6) is -1.03. The van der Waals surface area contributed by atoms with E-state index in [-0.39, 0.29) is 5.56 Å². The zero-order valence-electron chi connectivity index (χ0n) is 11.7. The SMILES string of the molecule is O=C(O)c1ccc2nn(Cc3ccc(C(F)(F)F)cc3)cc2c1. The molecule has 0 fully saturated rings. The summed E-state index contributed by atoms with van der Waals surface area (Å²) in [5.41, 5.74) is 0.760. The van der Waals surface area contributed by atoms with Gasteiger partial charge < -0.3 is 5.11 Å². The summed E-state index contributed by atoms with van der Waals surface area (Å²) in [6.45, 7) is 0.301. The predicted octanol–water partition coefficient (Wildman–Crippen LogP) is 3.80. The van der Waals surface area contributed by atoms with Crippen LogP contribution in [-0.2, 0) is 12.7 Å². The lowest BCUT2D eigenvalue weighted by atomic mass is 10.1. The summed E-state index contributed by atoms with van der Waals surface area (Å²) in [6.07, 6.45) is -2.69. The molecule has 23 heavy (non-hydrogen) atoms. The Hall–Kier alpha value is -2.83. The van der Waals surface area contributed by atoms with Gasteiger partial charge in [-0.05, 0) is 35.9 Å². The average Bonchev–Trinajstić information content (AvgIpc) is 2.87. The number of fused-ring (bicyclic) bond motifs is 1. The molecule has 118 valence electrons. The number of carboxylic acids is 1. The number of halogens is 3. The molecular formula is C16H11F3N2O2. The first-order valence-corrected chi connectivity index (χ1v) is 6.69. The summed E-state index contributed by atoms with van der Waals surface area (Å²) < 4.78 is 39.1. The maximum Gasteiger partial charge on any atom is 0.416 e. The van der Waals surface area contributed by atoms with E-state index in [0.29, 0.717) is 23.0 Å². The lowest BCUT2D eigenvalue weighted by molar-refractivity contribution is -0.137. The molecule has 1 aromatic heterocycles. The van der Waals surface area contributed by atoms with Crippen LogP contribution in [-0.4, -0.2) is 20.9 Å². The zero-order valence-corrected chi connectivity index (χ0v) is 11.7. The smallest absolute Gasteiger partial charge is 0.416 e. The summed E-state index contributed by atoms with van der Waals surface area (Å²) >= 11 is 0. The minimum atomic E-state index is -4.36. The monoisotopic (exact) mass is 320 g/mol. The van der Waals surface area contributed by atoms with Crippen LogP contribution in [0.5, 0.6) is 0 Å². The van der Waals surface area contributed by atoms with Crippen LogP contribution in [0.15, 0.2) is 48.7 Å². The number of carboxylic acid groups (broad SMARTS) is 1. The van der Waals surface area contributed by atoms with Crippen LogP contribution < -0.4 is 0 Å². The van der Waals surface area contributed by atoms with Crippen molar-refractivity contribution >= 4 is 16.9 Å². The minimum Gasteiger partial charge on any atom is -0.478 e. The van der Waals surface area contributed by atoms with Gasteiger partial charge in [-0.3, -0.25) is 4.68 Å². The van der Waals surface area contributed by atoms with Crippen molar-refractivity contribution in [2.45, 2.75) is 12.7 Å². The topological polar surface area (TPSA) is 55.1 Å². The molecule has 0 aliphatic rings. The molecule has 0 radical (unpaired) electrons. The highest BCUT2D eigenvalue weighted by Crippen LogP contribution is 2.29. The van der Waals surface area contributed by atoms with Gasteiger partial charge in [-0.1, -0.05) is 12.1 Å². The van der Waals surface area contributed by atoms with Crippen LogP contribution in [0.2, 0.25) is 0 Å². The van der Waals surface area contributed by atoms with Gasteiger partial charge in [0.15, 0.2) is 0 Å². The molecule has 0 spiro atoms. The Labute approximate surface area is 128 Å². The predicted molar refractivity (Wildman–Crippen MR) is 77.2 cm³/mol. The van der Waals surface area contributed by atoms with Gasteiger partial charge in [-0.2, -0.15) is 18.3 Å². The van der Waals surface area contributed by atoms with Crippen molar-refractivity contribution < 1.29 is 23.1 Å². The first-order chi connectivity index (χ1) is 10.8. The molecule has 0 amide bonds. The Morgan fingerprint density at radius 1 is 1.13 bits per heavy atom. The van der Waals surface area contributed by atoms with Crippen molar-refractivity contribution in [1.82, 2.24) is 9.78 Å². The Bertz CT molecular complexity index is 867. The zero-order chi connectivity index (χ0) is 16.6. The van der Waals surface area contributed by atoms with Gasteiger partial charge in [0.1, 0.15) is 0 Å². The summed E-state index contributed by atoms with van der Waals surface area (Å²) in [4.78, 5) is 10.9. The van der Waals surface area contributed by atoms with Crippen LogP contribution in [0.4, 0.5) is 13.2 Å². The maximum absolute atomic E-state index is 12.5. The molecule has 0 saturated carbocycles. The van der Waals surface area contributed by atoms with E-state index in [1.807, 2.05) is 0 Å². The van der Waals surface area contributed by atoms with Crippen molar-refractivity contribution in [3.63, 3.8) is 0 Å². The van der Waals surface area contributed by atoms with E-state index < -0.39 is 17.7 Å². The van der Waals surface area contributed by atoms with Gasteiger partial charge in [0.05, 0.1) is 23.2 Å². The van der Waals surface area contributed by atoms with Gasteiger partial charge in [0.25, 0.3) is 0 Å². The lowest BCUT2D eigenvalue weighted by Gasteiger charge is -2.07. The summed E-state index contributed by atoms with van der Waals surface area (Å²) in [7, 11) is 0. The van der Waals surface area contributed by atoms with Crippen molar-refractivity contribution in [2.75, 3.05) is 0 Å². The third-order valence-corrected chi connectivity index (χ3v) is 3.42. The van der Waals surface area contributed by atoms with Crippen LogP contribution in [0, 0.1) is 0 Å². The van der Waals surface area contributed by atoms with Crippen molar-refractivity contribution in [3.05, 3.63) is 65.4 Å². The highest BCUT2D eigenvalue weighted by atomic mass is 19.4. The first kappa shape index (κ1) is 15.1. The van der Waals surface area contributed by atoms with E-state index in [1.54, 1.807) is 16.9 Å². The van der Waals surface area contributed by atoms with Crippen molar-refractivity contribution in [1.29, 1.82) is 0 Å². The summed E-state index contributed by atoms with van der Waals surface area (Å²) in [6, 6.07) is 9.42. The fraction of sp³-hybridized carbons (Fsp3) is 0.125. The van der Waals surface area contributed by atoms with E-state index in [4.69, 9.17) is 5.11 Å². The Morgan fingerprint density at radius 2 is 1.83 bits per heavy atom. The third-order valence-electron chi connectivity index (χ3n) is 3.42.